The summed E-state index contributed by atoms with van der Waals surface area (Å²) in [4.78, 5) is 36.9. The molecule has 6 nitrogen and oxygen atoms in total. The molecule has 1 aliphatic carbocycles. The van der Waals surface area contributed by atoms with Gasteiger partial charge < -0.3 is 15.4 Å². The van der Waals surface area contributed by atoms with Crippen LogP contribution in [0.4, 0.5) is 5.69 Å². The summed E-state index contributed by atoms with van der Waals surface area (Å²) in [6.07, 6.45) is 5.57. The molecular formula is C24H28N2O4. The topological polar surface area (TPSA) is 84.5 Å². The largest absolute Gasteiger partial charge is 0.455 e. The fourth-order valence-corrected chi connectivity index (χ4v) is 3.63. The average Bonchev–Trinajstić information content (AvgIpc) is 2.79. The van der Waals surface area contributed by atoms with Crippen molar-refractivity contribution in [3.63, 3.8) is 0 Å². The third kappa shape index (κ3) is 6.44. The molecule has 2 aromatic rings. The van der Waals surface area contributed by atoms with Gasteiger partial charge in [-0.05, 0) is 37.0 Å². The van der Waals surface area contributed by atoms with E-state index in [1.54, 1.807) is 24.3 Å². The summed E-state index contributed by atoms with van der Waals surface area (Å²) in [5, 5.41) is 5.56. The Labute approximate surface area is 177 Å². The number of rotatable bonds is 8. The zero-order chi connectivity index (χ0) is 21.2. The van der Waals surface area contributed by atoms with Crippen molar-refractivity contribution in [3.05, 3.63) is 65.7 Å². The Bertz CT molecular complexity index is 861. The van der Waals surface area contributed by atoms with Gasteiger partial charge in [-0.15, -0.1) is 0 Å². The maximum absolute atomic E-state index is 12.6. The van der Waals surface area contributed by atoms with Gasteiger partial charge in [0.15, 0.2) is 6.61 Å². The van der Waals surface area contributed by atoms with E-state index in [9.17, 15) is 14.4 Å². The normalized spacial score (nSPS) is 14.0. The molecule has 0 atom stereocenters. The van der Waals surface area contributed by atoms with Gasteiger partial charge in [-0.25, -0.2) is 0 Å². The maximum Gasteiger partial charge on any atom is 0.309 e. The minimum absolute atomic E-state index is 0.103. The molecule has 0 radical (unpaired) electrons. The highest BCUT2D eigenvalue weighted by Crippen LogP contribution is 2.24. The maximum atomic E-state index is 12.6. The van der Waals surface area contributed by atoms with Crippen LogP contribution >= 0.6 is 0 Å². The molecule has 0 bridgehead atoms. The highest BCUT2D eigenvalue weighted by atomic mass is 16.5. The lowest BCUT2D eigenvalue weighted by Crippen LogP contribution is -2.29. The first-order valence-corrected chi connectivity index (χ1v) is 10.5. The van der Waals surface area contributed by atoms with Crippen LogP contribution in [-0.4, -0.2) is 30.9 Å². The smallest absolute Gasteiger partial charge is 0.309 e. The molecule has 1 aliphatic rings. The van der Waals surface area contributed by atoms with Gasteiger partial charge in [0.05, 0.1) is 17.2 Å². The molecule has 0 saturated heterocycles. The zero-order valence-electron chi connectivity index (χ0n) is 17.1. The van der Waals surface area contributed by atoms with Crippen LogP contribution < -0.4 is 10.6 Å². The molecule has 3 rings (SSSR count). The van der Waals surface area contributed by atoms with Crippen molar-refractivity contribution in [2.75, 3.05) is 18.5 Å². The first-order chi connectivity index (χ1) is 14.6. The van der Waals surface area contributed by atoms with E-state index >= 15 is 0 Å². The van der Waals surface area contributed by atoms with Crippen LogP contribution in [0, 0.1) is 5.92 Å². The lowest BCUT2D eigenvalue weighted by Gasteiger charge is -2.19. The number of hydrogen-bond donors (Lipinski definition) is 2. The number of amides is 2. The lowest BCUT2D eigenvalue weighted by molar-refractivity contribution is -0.152. The summed E-state index contributed by atoms with van der Waals surface area (Å²) >= 11 is 0. The standard InChI is InChI=1S/C24H28N2O4/c27-22(17-30-24(29)19-11-5-2-6-12-19)26-21-14-8-7-13-20(21)23(28)25-16-15-18-9-3-1-4-10-18/h1,3-4,7-10,13-14,19H,2,5-6,11-12,15-17H2,(H,25,28)(H,26,27). The van der Waals surface area contributed by atoms with Gasteiger partial charge in [-0.2, -0.15) is 0 Å². The summed E-state index contributed by atoms with van der Waals surface area (Å²) in [6, 6.07) is 16.7. The highest BCUT2D eigenvalue weighted by Gasteiger charge is 2.23. The van der Waals surface area contributed by atoms with E-state index in [1.807, 2.05) is 30.3 Å². The molecule has 0 unspecified atom stereocenters. The highest BCUT2D eigenvalue weighted by molar-refractivity contribution is 6.04. The van der Waals surface area contributed by atoms with Crippen molar-refractivity contribution in [2.24, 2.45) is 5.92 Å². The second-order valence-electron chi connectivity index (χ2n) is 7.53. The lowest BCUT2D eigenvalue weighted by atomic mass is 9.89. The Morgan fingerprint density at radius 2 is 1.60 bits per heavy atom. The Balaban J connectivity index is 1.49. The molecule has 2 amide bonds. The van der Waals surface area contributed by atoms with E-state index in [0.29, 0.717) is 17.8 Å². The molecule has 0 spiro atoms. The number of para-hydroxylation sites is 1. The Morgan fingerprint density at radius 3 is 2.37 bits per heavy atom. The predicted octanol–water partition coefficient (Wildman–Crippen LogP) is 3.72. The van der Waals surface area contributed by atoms with Crippen molar-refractivity contribution >= 4 is 23.5 Å². The third-order valence-corrected chi connectivity index (χ3v) is 5.27. The SMILES string of the molecule is O=C(COC(=O)C1CCCCC1)Nc1ccccc1C(=O)NCCc1ccccc1. The molecular weight excluding hydrogens is 380 g/mol. The molecule has 1 saturated carbocycles. The second-order valence-corrected chi connectivity index (χ2v) is 7.53. The molecule has 0 aromatic heterocycles. The van der Waals surface area contributed by atoms with Gasteiger partial charge in [-0.3, -0.25) is 14.4 Å². The van der Waals surface area contributed by atoms with Crippen molar-refractivity contribution in [1.82, 2.24) is 5.32 Å². The van der Waals surface area contributed by atoms with Gasteiger partial charge in [-0.1, -0.05) is 61.7 Å². The van der Waals surface area contributed by atoms with Crippen molar-refractivity contribution in [2.45, 2.75) is 38.5 Å². The van der Waals surface area contributed by atoms with Crippen molar-refractivity contribution in [1.29, 1.82) is 0 Å². The predicted molar refractivity (Wildman–Crippen MR) is 115 cm³/mol. The Kier molecular flexibility index (Phi) is 8.01. The average molecular weight is 408 g/mol. The first kappa shape index (κ1) is 21.6. The quantitative estimate of drug-likeness (QED) is 0.652. The van der Waals surface area contributed by atoms with Crippen molar-refractivity contribution in [3.8, 4) is 0 Å². The van der Waals surface area contributed by atoms with Gasteiger partial charge in [0.1, 0.15) is 0 Å². The molecule has 2 aromatic carbocycles. The first-order valence-electron chi connectivity index (χ1n) is 10.5. The van der Waals surface area contributed by atoms with E-state index < -0.39 is 5.91 Å². The molecule has 30 heavy (non-hydrogen) atoms. The van der Waals surface area contributed by atoms with E-state index in [2.05, 4.69) is 10.6 Å². The number of benzene rings is 2. The fraction of sp³-hybridized carbons (Fsp3) is 0.375. The van der Waals surface area contributed by atoms with Crippen LogP contribution in [0.3, 0.4) is 0 Å². The van der Waals surface area contributed by atoms with E-state index in [-0.39, 0.29) is 24.4 Å². The number of carbonyl (C=O) groups is 3. The summed E-state index contributed by atoms with van der Waals surface area (Å²) < 4.78 is 5.18. The minimum Gasteiger partial charge on any atom is -0.455 e. The summed E-state index contributed by atoms with van der Waals surface area (Å²) in [5.74, 6) is -1.13. The molecule has 0 heterocycles. The van der Waals surface area contributed by atoms with Crippen molar-refractivity contribution < 1.29 is 19.1 Å². The van der Waals surface area contributed by atoms with E-state index in [1.165, 1.54) is 0 Å². The summed E-state index contributed by atoms with van der Waals surface area (Å²) in [6.45, 7) is 0.142. The number of esters is 1. The van der Waals surface area contributed by atoms with Crippen LogP contribution in [0.5, 0.6) is 0 Å². The third-order valence-electron chi connectivity index (χ3n) is 5.27. The van der Waals surface area contributed by atoms with E-state index in [0.717, 1.165) is 44.1 Å². The number of anilines is 1. The number of hydrogen-bond acceptors (Lipinski definition) is 4. The van der Waals surface area contributed by atoms with Crippen LogP contribution in [0.1, 0.15) is 48.0 Å². The number of carbonyl (C=O) groups excluding carboxylic acids is 3. The summed E-state index contributed by atoms with van der Waals surface area (Å²) in [5.41, 5.74) is 1.91. The Hall–Kier alpha value is -3.15. The van der Waals surface area contributed by atoms with Gasteiger partial charge in [0.2, 0.25) is 0 Å². The molecule has 6 heteroatoms. The number of ether oxygens (including phenoxy) is 1. The molecule has 0 aliphatic heterocycles. The van der Waals surface area contributed by atoms with Crippen LogP contribution in [0.25, 0.3) is 0 Å². The fourth-order valence-electron chi connectivity index (χ4n) is 3.63. The van der Waals surface area contributed by atoms with Gasteiger partial charge in [0.25, 0.3) is 11.8 Å². The van der Waals surface area contributed by atoms with Gasteiger partial charge in [0, 0.05) is 6.54 Å². The number of nitrogens with one attached hydrogen (secondary N) is 2. The second kappa shape index (κ2) is 11.1. The molecule has 1 fully saturated rings. The van der Waals surface area contributed by atoms with Gasteiger partial charge >= 0.3 is 5.97 Å². The molecule has 2 N–H and O–H groups in total. The van der Waals surface area contributed by atoms with Crippen LogP contribution in [-0.2, 0) is 20.7 Å². The van der Waals surface area contributed by atoms with E-state index in [4.69, 9.17) is 4.74 Å². The van der Waals surface area contributed by atoms with Crippen LogP contribution in [0.2, 0.25) is 0 Å². The minimum atomic E-state index is -0.455. The van der Waals surface area contributed by atoms with Crippen LogP contribution in [0.15, 0.2) is 54.6 Å². The zero-order valence-corrected chi connectivity index (χ0v) is 17.1. The monoisotopic (exact) mass is 408 g/mol. The molecule has 158 valence electrons. The Morgan fingerprint density at radius 1 is 0.900 bits per heavy atom. The summed E-state index contributed by atoms with van der Waals surface area (Å²) in [7, 11) is 0.